The van der Waals surface area contributed by atoms with Crippen LogP contribution in [0.2, 0.25) is 0 Å². The number of hydrogen-bond acceptors (Lipinski definition) is 5. The number of nitrogens with one attached hydrogen (secondary N) is 1. The molecule has 130 valence electrons. The van der Waals surface area contributed by atoms with Crippen molar-refractivity contribution in [1.29, 1.82) is 0 Å². The molecule has 1 saturated heterocycles. The molecule has 1 aliphatic rings. The van der Waals surface area contributed by atoms with Crippen LogP contribution in [0.3, 0.4) is 0 Å². The molecular formula is C17H26N6O. The summed E-state index contributed by atoms with van der Waals surface area (Å²) in [7, 11) is 1.70. The second kappa shape index (κ2) is 6.37. The van der Waals surface area contributed by atoms with E-state index in [1.807, 2.05) is 16.6 Å². The number of carbonyl (C=O) groups is 1. The summed E-state index contributed by atoms with van der Waals surface area (Å²) in [5.74, 6) is 2.41. The van der Waals surface area contributed by atoms with E-state index >= 15 is 0 Å². The van der Waals surface area contributed by atoms with Crippen LogP contribution in [0.4, 0.5) is 5.82 Å². The average Bonchev–Trinajstić information content (AvgIpc) is 2.98. The van der Waals surface area contributed by atoms with Crippen molar-refractivity contribution >= 4 is 17.4 Å². The van der Waals surface area contributed by atoms with E-state index in [4.69, 9.17) is 5.10 Å². The minimum absolute atomic E-state index is 0.106. The van der Waals surface area contributed by atoms with Gasteiger partial charge < -0.3 is 10.2 Å². The van der Waals surface area contributed by atoms with Gasteiger partial charge in [0.05, 0.1) is 0 Å². The smallest absolute Gasteiger partial charge is 0.220 e. The highest BCUT2D eigenvalue weighted by Gasteiger charge is 2.25. The number of carbonyl (C=O) groups excluding carboxylic acids is 1. The Hall–Kier alpha value is -2.18. The Kier molecular flexibility index (Phi) is 4.43. The van der Waals surface area contributed by atoms with E-state index in [2.05, 4.69) is 41.2 Å². The fraction of sp³-hybridized carbons (Fsp3) is 0.647. The van der Waals surface area contributed by atoms with Gasteiger partial charge in [-0.1, -0.05) is 20.8 Å². The van der Waals surface area contributed by atoms with Gasteiger partial charge in [0.1, 0.15) is 5.82 Å². The first kappa shape index (κ1) is 16.7. The van der Waals surface area contributed by atoms with E-state index in [0.29, 0.717) is 12.3 Å². The number of aromatic nitrogens is 4. The zero-order chi connectivity index (χ0) is 17.3. The van der Waals surface area contributed by atoms with E-state index in [-0.39, 0.29) is 11.3 Å². The Balaban J connectivity index is 1.75. The van der Waals surface area contributed by atoms with Gasteiger partial charge in [-0.2, -0.15) is 4.52 Å². The Morgan fingerprint density at radius 1 is 1.25 bits per heavy atom. The van der Waals surface area contributed by atoms with Crippen LogP contribution >= 0.6 is 0 Å². The monoisotopic (exact) mass is 330 g/mol. The van der Waals surface area contributed by atoms with Gasteiger partial charge >= 0.3 is 0 Å². The van der Waals surface area contributed by atoms with Crippen molar-refractivity contribution in [2.24, 2.45) is 5.92 Å². The minimum Gasteiger partial charge on any atom is -0.359 e. The van der Waals surface area contributed by atoms with Crippen molar-refractivity contribution in [3.05, 3.63) is 18.0 Å². The summed E-state index contributed by atoms with van der Waals surface area (Å²) < 4.78 is 1.85. The average molecular weight is 330 g/mol. The van der Waals surface area contributed by atoms with Crippen molar-refractivity contribution in [3.63, 3.8) is 0 Å². The molecule has 3 heterocycles. The summed E-state index contributed by atoms with van der Waals surface area (Å²) in [4.78, 5) is 13.8. The van der Waals surface area contributed by atoms with E-state index < -0.39 is 0 Å². The SMILES string of the molecule is CNC(=O)CC1CCN(c2ccc3nnc(C(C)(C)C)n3n2)CC1. The first-order chi connectivity index (χ1) is 11.4. The van der Waals surface area contributed by atoms with Crippen LogP contribution in [0.15, 0.2) is 12.1 Å². The van der Waals surface area contributed by atoms with E-state index in [0.717, 1.165) is 43.2 Å². The lowest BCUT2D eigenvalue weighted by Gasteiger charge is -2.32. The van der Waals surface area contributed by atoms with Crippen LogP contribution in [0.25, 0.3) is 5.65 Å². The number of fused-ring (bicyclic) bond motifs is 1. The molecule has 0 aliphatic carbocycles. The molecule has 0 unspecified atom stereocenters. The fourth-order valence-electron chi connectivity index (χ4n) is 3.15. The van der Waals surface area contributed by atoms with E-state index in [1.54, 1.807) is 7.05 Å². The summed E-state index contributed by atoms with van der Waals surface area (Å²) in [5.41, 5.74) is 0.670. The maximum absolute atomic E-state index is 11.5. The normalized spacial score (nSPS) is 16.6. The summed E-state index contributed by atoms with van der Waals surface area (Å²) in [6.45, 7) is 8.19. The summed E-state index contributed by atoms with van der Waals surface area (Å²) in [5, 5.41) is 16.0. The van der Waals surface area contributed by atoms with Crippen LogP contribution < -0.4 is 10.2 Å². The molecular weight excluding hydrogens is 304 g/mol. The third-order valence-corrected chi connectivity index (χ3v) is 4.61. The molecule has 0 atom stereocenters. The van der Waals surface area contributed by atoms with E-state index in [1.165, 1.54) is 0 Å². The van der Waals surface area contributed by atoms with Gasteiger partial charge in [-0.25, -0.2) is 0 Å². The molecule has 0 saturated carbocycles. The Bertz CT molecular complexity index is 724. The van der Waals surface area contributed by atoms with Crippen molar-refractivity contribution in [3.8, 4) is 0 Å². The molecule has 7 nitrogen and oxygen atoms in total. The maximum Gasteiger partial charge on any atom is 0.220 e. The Labute approximate surface area is 142 Å². The van der Waals surface area contributed by atoms with Crippen molar-refractivity contribution in [2.45, 2.75) is 45.4 Å². The third kappa shape index (κ3) is 3.34. The summed E-state index contributed by atoms with van der Waals surface area (Å²) in [6, 6.07) is 3.98. The lowest BCUT2D eigenvalue weighted by Crippen LogP contribution is -2.36. The molecule has 1 amide bonds. The number of hydrogen-bond donors (Lipinski definition) is 1. The predicted molar refractivity (Wildman–Crippen MR) is 93.1 cm³/mol. The topological polar surface area (TPSA) is 75.4 Å². The number of nitrogens with zero attached hydrogens (tertiary/aromatic N) is 5. The molecule has 24 heavy (non-hydrogen) atoms. The number of rotatable bonds is 3. The fourth-order valence-corrected chi connectivity index (χ4v) is 3.15. The van der Waals surface area contributed by atoms with Gasteiger partial charge in [-0.3, -0.25) is 4.79 Å². The second-order valence-electron chi connectivity index (χ2n) is 7.54. The molecule has 0 spiro atoms. The zero-order valence-electron chi connectivity index (χ0n) is 14.9. The molecule has 3 rings (SSSR count). The van der Waals surface area contributed by atoms with E-state index in [9.17, 15) is 4.79 Å². The lowest BCUT2D eigenvalue weighted by atomic mass is 9.93. The van der Waals surface area contributed by atoms with Crippen molar-refractivity contribution in [2.75, 3.05) is 25.0 Å². The second-order valence-corrected chi connectivity index (χ2v) is 7.54. The van der Waals surface area contributed by atoms with Crippen molar-refractivity contribution in [1.82, 2.24) is 25.1 Å². The first-order valence-electron chi connectivity index (χ1n) is 8.57. The summed E-state index contributed by atoms with van der Waals surface area (Å²) >= 11 is 0. The molecule has 1 fully saturated rings. The molecule has 0 radical (unpaired) electrons. The van der Waals surface area contributed by atoms with Crippen LogP contribution in [0.1, 0.15) is 45.9 Å². The molecule has 0 aromatic carbocycles. The van der Waals surface area contributed by atoms with Crippen molar-refractivity contribution < 1.29 is 4.79 Å². The van der Waals surface area contributed by atoms with Gasteiger partial charge in [0.2, 0.25) is 5.91 Å². The number of anilines is 1. The number of piperidine rings is 1. The van der Waals surface area contributed by atoms with Gasteiger partial charge in [0, 0.05) is 32.0 Å². The molecule has 2 aromatic rings. The Morgan fingerprint density at radius 3 is 2.58 bits per heavy atom. The quantitative estimate of drug-likeness (QED) is 0.928. The molecule has 0 bridgehead atoms. The standard InChI is InChI=1S/C17H26N6O/c1-17(2,3)16-20-19-13-5-6-14(21-23(13)16)22-9-7-12(8-10-22)11-15(24)18-4/h5-6,12H,7-11H2,1-4H3,(H,18,24). The maximum atomic E-state index is 11.5. The van der Waals surface area contributed by atoms with Gasteiger partial charge in [0.25, 0.3) is 0 Å². The minimum atomic E-state index is -0.106. The molecule has 1 N–H and O–H groups in total. The molecule has 7 heteroatoms. The summed E-state index contributed by atoms with van der Waals surface area (Å²) in [6.07, 6.45) is 2.65. The predicted octanol–water partition coefficient (Wildman–Crippen LogP) is 1.77. The van der Waals surface area contributed by atoms with Gasteiger partial charge in [0.15, 0.2) is 11.5 Å². The highest BCUT2D eigenvalue weighted by atomic mass is 16.1. The first-order valence-corrected chi connectivity index (χ1v) is 8.57. The van der Waals surface area contributed by atoms with Crippen LogP contribution in [-0.4, -0.2) is 45.9 Å². The highest BCUT2D eigenvalue weighted by molar-refractivity contribution is 5.75. The van der Waals surface area contributed by atoms with Crippen LogP contribution in [0, 0.1) is 5.92 Å². The molecule has 1 aliphatic heterocycles. The zero-order valence-corrected chi connectivity index (χ0v) is 14.9. The lowest BCUT2D eigenvalue weighted by molar-refractivity contribution is -0.121. The molecule has 2 aromatic heterocycles. The Morgan fingerprint density at radius 2 is 1.96 bits per heavy atom. The van der Waals surface area contributed by atoms with Crippen LogP contribution in [0.5, 0.6) is 0 Å². The van der Waals surface area contributed by atoms with Crippen LogP contribution in [-0.2, 0) is 10.2 Å². The highest BCUT2D eigenvalue weighted by Crippen LogP contribution is 2.25. The largest absolute Gasteiger partial charge is 0.359 e. The third-order valence-electron chi connectivity index (χ3n) is 4.61. The van der Waals surface area contributed by atoms with Gasteiger partial charge in [-0.15, -0.1) is 15.3 Å². The van der Waals surface area contributed by atoms with Gasteiger partial charge in [-0.05, 0) is 30.9 Å². The number of amides is 1.